The Morgan fingerprint density at radius 1 is 1.44 bits per heavy atom. The number of non-ortho nitro benzene ring substituents is 1. The number of benzene rings is 1. The van der Waals surface area contributed by atoms with Crippen molar-refractivity contribution in [3.8, 4) is 0 Å². The van der Waals surface area contributed by atoms with Crippen molar-refractivity contribution in [2.24, 2.45) is 0 Å². The predicted octanol–water partition coefficient (Wildman–Crippen LogP) is 1.63. The van der Waals surface area contributed by atoms with E-state index in [4.69, 9.17) is 5.11 Å². The van der Waals surface area contributed by atoms with Crippen molar-refractivity contribution in [3.63, 3.8) is 0 Å². The van der Waals surface area contributed by atoms with Gasteiger partial charge in [-0.1, -0.05) is 6.07 Å². The monoisotopic (exact) mass is 222 g/mol. The van der Waals surface area contributed by atoms with Crippen LogP contribution in [0.3, 0.4) is 0 Å². The molecular weight excluding hydrogens is 212 g/mol. The van der Waals surface area contributed by atoms with Gasteiger partial charge in [0.2, 0.25) is 0 Å². The lowest BCUT2D eigenvalue weighted by atomic mass is 9.99. The Kier molecular flexibility index (Phi) is 2.47. The molecule has 6 nitrogen and oxygen atoms in total. The topological polar surface area (TPSA) is 83.7 Å². The minimum absolute atomic E-state index is 0.0579. The molecule has 1 aliphatic heterocycles. The summed E-state index contributed by atoms with van der Waals surface area (Å²) in [5.74, 6) is 0. The zero-order chi connectivity index (χ0) is 11.7. The number of fused-ring (bicyclic) bond motifs is 1. The average molecular weight is 222 g/mol. The van der Waals surface area contributed by atoms with Gasteiger partial charge in [0.25, 0.3) is 5.69 Å². The van der Waals surface area contributed by atoms with Crippen LogP contribution in [0.4, 0.5) is 10.5 Å². The molecule has 0 aliphatic carbocycles. The van der Waals surface area contributed by atoms with E-state index < -0.39 is 11.0 Å². The molecule has 2 rings (SSSR count). The largest absolute Gasteiger partial charge is 0.465 e. The Bertz CT molecular complexity index is 458. The number of hydrogen-bond acceptors (Lipinski definition) is 3. The van der Waals surface area contributed by atoms with Gasteiger partial charge < -0.3 is 10.0 Å². The van der Waals surface area contributed by atoms with Gasteiger partial charge in [0.1, 0.15) is 0 Å². The van der Waals surface area contributed by atoms with Crippen LogP contribution in [0.2, 0.25) is 0 Å². The highest BCUT2D eigenvalue weighted by Gasteiger charge is 2.21. The molecule has 1 amide bonds. The summed E-state index contributed by atoms with van der Waals surface area (Å²) in [5.41, 5.74) is 1.77. The van der Waals surface area contributed by atoms with Gasteiger partial charge in [0.05, 0.1) is 4.92 Å². The Labute approximate surface area is 91.3 Å². The van der Waals surface area contributed by atoms with E-state index in [9.17, 15) is 14.9 Å². The molecule has 0 aromatic heterocycles. The second-order valence-corrected chi connectivity index (χ2v) is 3.66. The van der Waals surface area contributed by atoms with E-state index in [1.165, 1.54) is 17.0 Å². The lowest BCUT2D eigenvalue weighted by molar-refractivity contribution is -0.384. The summed E-state index contributed by atoms with van der Waals surface area (Å²) in [6.07, 6.45) is -0.424. The number of carbonyl (C=O) groups is 1. The van der Waals surface area contributed by atoms with E-state index in [2.05, 4.69) is 0 Å². The maximum atomic E-state index is 10.8. The number of nitrogens with zero attached hydrogens (tertiary/aromatic N) is 2. The predicted molar refractivity (Wildman–Crippen MR) is 55.2 cm³/mol. The van der Waals surface area contributed by atoms with Crippen LogP contribution in [0.5, 0.6) is 0 Å². The maximum Gasteiger partial charge on any atom is 0.407 e. The number of nitro groups is 1. The number of nitro benzene ring substituents is 1. The van der Waals surface area contributed by atoms with Crippen molar-refractivity contribution < 1.29 is 14.8 Å². The van der Waals surface area contributed by atoms with Gasteiger partial charge >= 0.3 is 6.09 Å². The second-order valence-electron chi connectivity index (χ2n) is 3.66. The Morgan fingerprint density at radius 3 is 2.81 bits per heavy atom. The molecule has 1 aromatic carbocycles. The highest BCUT2D eigenvalue weighted by atomic mass is 16.6. The van der Waals surface area contributed by atoms with Gasteiger partial charge in [0, 0.05) is 25.2 Å². The van der Waals surface area contributed by atoms with Gasteiger partial charge in [-0.2, -0.15) is 0 Å². The molecular formula is C10H10N2O4. The Hall–Kier alpha value is -2.11. The van der Waals surface area contributed by atoms with Crippen molar-refractivity contribution in [1.29, 1.82) is 0 Å². The van der Waals surface area contributed by atoms with E-state index in [0.717, 1.165) is 11.1 Å². The van der Waals surface area contributed by atoms with Gasteiger partial charge in [-0.05, 0) is 17.5 Å². The summed E-state index contributed by atoms with van der Waals surface area (Å²) in [5, 5.41) is 19.4. The molecule has 6 heteroatoms. The van der Waals surface area contributed by atoms with Gasteiger partial charge in [-0.25, -0.2) is 4.79 Å². The first-order chi connectivity index (χ1) is 7.58. The summed E-state index contributed by atoms with van der Waals surface area (Å²) in [7, 11) is 0. The maximum absolute atomic E-state index is 10.8. The van der Waals surface area contributed by atoms with Crippen molar-refractivity contribution in [1.82, 2.24) is 4.90 Å². The van der Waals surface area contributed by atoms with Crippen molar-refractivity contribution in [2.75, 3.05) is 6.54 Å². The zero-order valence-electron chi connectivity index (χ0n) is 8.42. The summed E-state index contributed by atoms with van der Waals surface area (Å²) < 4.78 is 0. The molecule has 84 valence electrons. The van der Waals surface area contributed by atoms with Crippen molar-refractivity contribution in [3.05, 3.63) is 39.4 Å². The summed E-state index contributed by atoms with van der Waals surface area (Å²) in [4.78, 5) is 22.2. The minimum Gasteiger partial charge on any atom is -0.465 e. The fourth-order valence-corrected chi connectivity index (χ4v) is 1.82. The molecule has 1 heterocycles. The van der Waals surface area contributed by atoms with Crippen molar-refractivity contribution >= 4 is 11.8 Å². The molecule has 0 unspecified atom stereocenters. The molecule has 0 saturated heterocycles. The third-order valence-electron chi connectivity index (χ3n) is 2.68. The third kappa shape index (κ3) is 1.81. The first-order valence-electron chi connectivity index (χ1n) is 4.82. The molecule has 1 aromatic rings. The van der Waals surface area contributed by atoms with Gasteiger partial charge in [-0.3, -0.25) is 10.1 Å². The van der Waals surface area contributed by atoms with E-state index in [-0.39, 0.29) is 5.69 Å². The fraction of sp³-hybridized carbons (Fsp3) is 0.300. The minimum atomic E-state index is -0.955. The smallest absolute Gasteiger partial charge is 0.407 e. The van der Waals surface area contributed by atoms with Crippen LogP contribution in [-0.2, 0) is 13.0 Å². The quantitative estimate of drug-likeness (QED) is 0.578. The van der Waals surface area contributed by atoms with Crippen LogP contribution in [0, 0.1) is 10.1 Å². The van der Waals surface area contributed by atoms with Crippen LogP contribution in [0.1, 0.15) is 11.1 Å². The fourth-order valence-electron chi connectivity index (χ4n) is 1.82. The van der Waals surface area contributed by atoms with Crippen LogP contribution < -0.4 is 0 Å². The number of carboxylic acid groups (broad SMARTS) is 1. The van der Waals surface area contributed by atoms with Gasteiger partial charge in [0.15, 0.2) is 0 Å². The molecule has 0 fully saturated rings. The molecule has 0 radical (unpaired) electrons. The molecule has 0 atom stereocenters. The third-order valence-corrected chi connectivity index (χ3v) is 2.68. The normalized spacial score (nSPS) is 14.4. The lowest BCUT2D eigenvalue weighted by Crippen LogP contribution is -2.34. The second kappa shape index (κ2) is 3.80. The molecule has 1 aliphatic rings. The van der Waals surface area contributed by atoms with Crippen LogP contribution >= 0.6 is 0 Å². The molecule has 0 spiro atoms. The van der Waals surface area contributed by atoms with Crippen molar-refractivity contribution in [2.45, 2.75) is 13.0 Å². The first-order valence-corrected chi connectivity index (χ1v) is 4.82. The Morgan fingerprint density at radius 2 is 2.19 bits per heavy atom. The number of amides is 1. The Balaban J connectivity index is 2.29. The zero-order valence-corrected chi connectivity index (χ0v) is 8.42. The summed E-state index contributed by atoms with van der Waals surface area (Å²) in [6, 6.07) is 4.56. The SMILES string of the molecule is O=C(O)N1CCc2cc([N+](=O)[O-])ccc2C1. The molecule has 0 saturated carbocycles. The highest BCUT2D eigenvalue weighted by Crippen LogP contribution is 2.23. The van der Waals surface area contributed by atoms with E-state index in [1.54, 1.807) is 6.07 Å². The standard InChI is InChI=1S/C10H10N2O4/c13-10(14)11-4-3-7-5-9(12(15)16)2-1-8(7)6-11/h1-2,5H,3-4,6H2,(H,13,14). The summed E-state index contributed by atoms with van der Waals surface area (Å²) >= 11 is 0. The van der Waals surface area contributed by atoms with E-state index >= 15 is 0 Å². The number of hydrogen-bond donors (Lipinski definition) is 1. The van der Waals surface area contributed by atoms with Crippen LogP contribution in [0.15, 0.2) is 18.2 Å². The first kappa shape index (κ1) is 10.4. The van der Waals surface area contributed by atoms with E-state index in [0.29, 0.717) is 19.5 Å². The highest BCUT2D eigenvalue weighted by molar-refractivity contribution is 5.65. The average Bonchev–Trinajstić information content (AvgIpc) is 2.27. The van der Waals surface area contributed by atoms with Gasteiger partial charge in [-0.15, -0.1) is 0 Å². The van der Waals surface area contributed by atoms with Crippen LogP contribution in [-0.4, -0.2) is 27.6 Å². The van der Waals surface area contributed by atoms with Crippen LogP contribution in [0.25, 0.3) is 0 Å². The lowest BCUT2D eigenvalue weighted by Gasteiger charge is -2.25. The van der Waals surface area contributed by atoms with E-state index in [1.807, 2.05) is 0 Å². The molecule has 16 heavy (non-hydrogen) atoms. The number of rotatable bonds is 1. The molecule has 1 N–H and O–H groups in total. The summed E-state index contributed by atoms with van der Waals surface area (Å²) in [6.45, 7) is 0.701. The molecule has 0 bridgehead atoms.